The van der Waals surface area contributed by atoms with E-state index in [-0.39, 0.29) is 0 Å². The van der Waals surface area contributed by atoms with Crippen molar-refractivity contribution in [3.05, 3.63) is 54.6 Å². The lowest BCUT2D eigenvalue weighted by molar-refractivity contribution is 0.193. The highest BCUT2D eigenvalue weighted by Gasteiger charge is 1.98. The first-order valence-electron chi connectivity index (χ1n) is 7.38. The van der Waals surface area contributed by atoms with E-state index in [0.29, 0.717) is 6.61 Å². The molecule has 3 heteroatoms. The van der Waals surface area contributed by atoms with E-state index < -0.39 is 0 Å². The van der Waals surface area contributed by atoms with Crippen LogP contribution in [0.15, 0.2) is 54.6 Å². The van der Waals surface area contributed by atoms with Gasteiger partial charge in [-0.05, 0) is 36.2 Å². The summed E-state index contributed by atoms with van der Waals surface area (Å²) < 4.78 is 10.7. The number of benzene rings is 2. The maximum absolute atomic E-state index is 5.71. The third-order valence-electron chi connectivity index (χ3n) is 3.21. The quantitative estimate of drug-likeness (QED) is 0.717. The van der Waals surface area contributed by atoms with Crippen molar-refractivity contribution in [1.29, 1.82) is 0 Å². The van der Waals surface area contributed by atoms with Crippen LogP contribution in [0.25, 0.3) is 11.1 Å². The zero-order valence-electron chi connectivity index (χ0n) is 12.5. The van der Waals surface area contributed by atoms with Crippen molar-refractivity contribution in [2.45, 2.75) is 6.42 Å². The van der Waals surface area contributed by atoms with E-state index in [9.17, 15) is 0 Å². The van der Waals surface area contributed by atoms with E-state index in [4.69, 9.17) is 9.47 Å². The van der Waals surface area contributed by atoms with Crippen LogP contribution in [0.4, 0.5) is 0 Å². The molecule has 0 aromatic heterocycles. The number of rotatable bonds is 9. The summed E-state index contributed by atoms with van der Waals surface area (Å²) in [6.45, 7) is 3.29. The highest BCUT2D eigenvalue weighted by molar-refractivity contribution is 5.63. The smallest absolute Gasteiger partial charge is 0.119 e. The summed E-state index contributed by atoms with van der Waals surface area (Å²) in [6.07, 6.45) is 1.03. The first-order valence-corrected chi connectivity index (χ1v) is 7.38. The molecule has 0 heterocycles. The van der Waals surface area contributed by atoms with Gasteiger partial charge in [0, 0.05) is 20.3 Å². The Bertz CT molecular complexity index is 496. The van der Waals surface area contributed by atoms with Gasteiger partial charge in [0.25, 0.3) is 0 Å². The SMILES string of the molecule is COCCCNCCOc1ccc(-c2ccccc2)cc1. The van der Waals surface area contributed by atoms with Gasteiger partial charge in [-0.3, -0.25) is 0 Å². The first kappa shape index (κ1) is 15.5. The van der Waals surface area contributed by atoms with Crippen LogP contribution in [0.3, 0.4) is 0 Å². The van der Waals surface area contributed by atoms with E-state index in [1.165, 1.54) is 11.1 Å². The fourth-order valence-electron chi connectivity index (χ4n) is 2.08. The molecule has 2 aromatic carbocycles. The molecule has 21 heavy (non-hydrogen) atoms. The van der Waals surface area contributed by atoms with E-state index in [1.807, 2.05) is 18.2 Å². The molecule has 0 aliphatic rings. The molecule has 112 valence electrons. The zero-order valence-corrected chi connectivity index (χ0v) is 12.5. The average molecular weight is 285 g/mol. The van der Waals surface area contributed by atoms with E-state index in [2.05, 4.69) is 41.7 Å². The van der Waals surface area contributed by atoms with Crippen LogP contribution in [0, 0.1) is 0 Å². The number of nitrogens with one attached hydrogen (secondary N) is 1. The molecule has 0 saturated heterocycles. The Morgan fingerprint density at radius 3 is 2.24 bits per heavy atom. The molecule has 0 atom stereocenters. The fourth-order valence-corrected chi connectivity index (χ4v) is 2.08. The van der Waals surface area contributed by atoms with Crippen molar-refractivity contribution in [3.8, 4) is 16.9 Å². The second-order valence-electron chi connectivity index (χ2n) is 4.84. The third kappa shape index (κ3) is 5.58. The van der Waals surface area contributed by atoms with Gasteiger partial charge in [0.15, 0.2) is 0 Å². The molecule has 0 saturated carbocycles. The molecule has 0 spiro atoms. The Morgan fingerprint density at radius 1 is 0.810 bits per heavy atom. The van der Waals surface area contributed by atoms with Gasteiger partial charge >= 0.3 is 0 Å². The highest BCUT2D eigenvalue weighted by Crippen LogP contribution is 2.21. The fraction of sp³-hybridized carbons (Fsp3) is 0.333. The van der Waals surface area contributed by atoms with Crippen LogP contribution in [0.1, 0.15) is 6.42 Å². The van der Waals surface area contributed by atoms with Crippen molar-refractivity contribution in [1.82, 2.24) is 5.32 Å². The molecule has 0 unspecified atom stereocenters. The number of hydrogen-bond donors (Lipinski definition) is 1. The van der Waals surface area contributed by atoms with Crippen LogP contribution >= 0.6 is 0 Å². The minimum atomic E-state index is 0.678. The first-order chi connectivity index (χ1) is 10.4. The van der Waals surface area contributed by atoms with Gasteiger partial charge in [0.1, 0.15) is 12.4 Å². The summed E-state index contributed by atoms with van der Waals surface area (Å²) in [4.78, 5) is 0. The lowest BCUT2D eigenvalue weighted by Crippen LogP contribution is -2.22. The molecule has 0 aliphatic heterocycles. The van der Waals surface area contributed by atoms with Crippen molar-refractivity contribution in [2.24, 2.45) is 0 Å². The molecular formula is C18H23NO2. The number of ether oxygens (including phenoxy) is 2. The lowest BCUT2D eigenvalue weighted by Gasteiger charge is -2.08. The summed E-state index contributed by atoms with van der Waals surface area (Å²) in [6, 6.07) is 18.6. The second kappa shape index (κ2) is 9.16. The predicted molar refractivity (Wildman–Crippen MR) is 86.7 cm³/mol. The standard InChI is InChI=1S/C18H23NO2/c1-20-14-5-12-19-13-15-21-18-10-8-17(9-11-18)16-6-3-2-4-7-16/h2-4,6-11,19H,5,12-15H2,1H3. The summed E-state index contributed by atoms with van der Waals surface area (Å²) >= 11 is 0. The average Bonchev–Trinajstić information content (AvgIpc) is 2.55. The topological polar surface area (TPSA) is 30.5 Å². The monoisotopic (exact) mass is 285 g/mol. The number of hydrogen-bond acceptors (Lipinski definition) is 3. The Hall–Kier alpha value is -1.84. The Morgan fingerprint density at radius 2 is 1.52 bits per heavy atom. The molecule has 0 aliphatic carbocycles. The minimum Gasteiger partial charge on any atom is -0.492 e. The van der Waals surface area contributed by atoms with Gasteiger partial charge in [-0.15, -0.1) is 0 Å². The summed E-state index contributed by atoms with van der Waals surface area (Å²) in [5.41, 5.74) is 2.43. The highest BCUT2D eigenvalue weighted by atomic mass is 16.5. The summed E-state index contributed by atoms with van der Waals surface area (Å²) in [5.74, 6) is 0.911. The van der Waals surface area contributed by atoms with Crippen molar-refractivity contribution in [2.75, 3.05) is 33.4 Å². The van der Waals surface area contributed by atoms with Crippen LogP contribution in [-0.2, 0) is 4.74 Å². The summed E-state index contributed by atoms with van der Waals surface area (Å²) in [7, 11) is 1.72. The van der Waals surface area contributed by atoms with E-state index >= 15 is 0 Å². The van der Waals surface area contributed by atoms with Crippen molar-refractivity contribution in [3.63, 3.8) is 0 Å². The molecular weight excluding hydrogens is 262 g/mol. The minimum absolute atomic E-state index is 0.678. The molecule has 2 aromatic rings. The van der Waals surface area contributed by atoms with E-state index in [0.717, 1.165) is 31.9 Å². The Kier molecular flexibility index (Phi) is 6.78. The van der Waals surface area contributed by atoms with Gasteiger partial charge in [-0.1, -0.05) is 42.5 Å². The van der Waals surface area contributed by atoms with Crippen LogP contribution in [0.2, 0.25) is 0 Å². The third-order valence-corrected chi connectivity index (χ3v) is 3.21. The van der Waals surface area contributed by atoms with Crippen LogP contribution < -0.4 is 10.1 Å². The molecule has 0 fully saturated rings. The second-order valence-corrected chi connectivity index (χ2v) is 4.84. The Balaban J connectivity index is 1.71. The van der Waals surface area contributed by atoms with Crippen LogP contribution in [0.5, 0.6) is 5.75 Å². The lowest BCUT2D eigenvalue weighted by atomic mass is 10.1. The van der Waals surface area contributed by atoms with Crippen molar-refractivity contribution < 1.29 is 9.47 Å². The molecule has 1 N–H and O–H groups in total. The predicted octanol–water partition coefficient (Wildman–Crippen LogP) is 3.36. The summed E-state index contributed by atoms with van der Waals surface area (Å²) in [5, 5.41) is 3.32. The van der Waals surface area contributed by atoms with Gasteiger partial charge in [-0.2, -0.15) is 0 Å². The molecule has 2 rings (SSSR count). The van der Waals surface area contributed by atoms with E-state index in [1.54, 1.807) is 7.11 Å². The maximum Gasteiger partial charge on any atom is 0.119 e. The number of methoxy groups -OCH3 is 1. The van der Waals surface area contributed by atoms with Gasteiger partial charge < -0.3 is 14.8 Å². The molecule has 0 bridgehead atoms. The molecule has 3 nitrogen and oxygen atoms in total. The Labute approximate surface area is 126 Å². The molecule has 0 radical (unpaired) electrons. The maximum atomic E-state index is 5.71. The largest absolute Gasteiger partial charge is 0.492 e. The molecule has 0 amide bonds. The van der Waals surface area contributed by atoms with Gasteiger partial charge in [0.05, 0.1) is 0 Å². The normalized spacial score (nSPS) is 10.5. The van der Waals surface area contributed by atoms with Crippen LogP contribution in [-0.4, -0.2) is 33.4 Å². The van der Waals surface area contributed by atoms with Crippen molar-refractivity contribution >= 4 is 0 Å². The zero-order chi connectivity index (χ0) is 14.8. The van der Waals surface area contributed by atoms with Gasteiger partial charge in [-0.25, -0.2) is 0 Å². The van der Waals surface area contributed by atoms with Gasteiger partial charge in [0.2, 0.25) is 0 Å².